The first-order valence-electron chi connectivity index (χ1n) is 4.06. The lowest BCUT2D eigenvalue weighted by Crippen LogP contribution is -2.08. The number of carbonyl (C=O) groups is 1. The molecule has 1 heterocycles. The molecule has 3 nitrogen and oxygen atoms in total. The van der Waals surface area contributed by atoms with Crippen LogP contribution in [0.3, 0.4) is 0 Å². The molecule has 1 aromatic carbocycles. The minimum atomic E-state index is -0.100. The second kappa shape index (κ2) is 2.94. The molecule has 1 aromatic rings. The fourth-order valence-electron chi connectivity index (χ4n) is 1.32. The highest BCUT2D eigenvalue weighted by molar-refractivity contribution is 5.97. The number of aliphatic hydroxyl groups excluding tert-OH is 1. The van der Waals surface area contributed by atoms with Crippen molar-refractivity contribution in [3.8, 4) is 0 Å². The number of rotatable bonds is 0. The molecule has 0 saturated heterocycles. The summed E-state index contributed by atoms with van der Waals surface area (Å²) in [5.74, 6) is 0.0606. The van der Waals surface area contributed by atoms with Gasteiger partial charge < -0.3 is 10.4 Å². The quantitative estimate of drug-likeness (QED) is 0.633. The van der Waals surface area contributed by atoms with Crippen LogP contribution in [0.15, 0.2) is 30.3 Å². The Morgan fingerprint density at radius 1 is 1.31 bits per heavy atom. The van der Waals surface area contributed by atoms with Gasteiger partial charge in [0.25, 0.3) is 0 Å². The van der Waals surface area contributed by atoms with Crippen LogP contribution < -0.4 is 5.32 Å². The first-order valence-corrected chi connectivity index (χ1v) is 4.06. The van der Waals surface area contributed by atoms with Crippen LogP contribution in [0.2, 0.25) is 0 Å². The first kappa shape index (κ1) is 7.86. The molecule has 2 rings (SSSR count). The number of hydrogen-bond acceptors (Lipinski definition) is 2. The molecule has 1 aliphatic rings. The number of benzene rings is 1. The van der Waals surface area contributed by atoms with Gasteiger partial charge in [0.1, 0.15) is 5.76 Å². The summed E-state index contributed by atoms with van der Waals surface area (Å²) in [6.07, 6.45) is 1.74. The number of para-hydroxylation sites is 1. The Morgan fingerprint density at radius 2 is 2.08 bits per heavy atom. The molecule has 13 heavy (non-hydrogen) atoms. The molecule has 0 saturated carbocycles. The van der Waals surface area contributed by atoms with Crippen LogP contribution in [0.1, 0.15) is 12.0 Å². The third-order valence-electron chi connectivity index (χ3n) is 1.96. The van der Waals surface area contributed by atoms with Crippen molar-refractivity contribution >= 4 is 17.4 Å². The summed E-state index contributed by atoms with van der Waals surface area (Å²) in [7, 11) is 0. The maximum absolute atomic E-state index is 11.1. The predicted molar refractivity (Wildman–Crippen MR) is 50.3 cm³/mol. The van der Waals surface area contributed by atoms with Crippen molar-refractivity contribution in [2.24, 2.45) is 0 Å². The van der Waals surface area contributed by atoms with Crippen molar-refractivity contribution in [1.82, 2.24) is 0 Å². The maximum Gasteiger partial charge on any atom is 0.228 e. The lowest BCUT2D eigenvalue weighted by Gasteiger charge is -2.05. The number of aliphatic hydroxyl groups is 1. The summed E-state index contributed by atoms with van der Waals surface area (Å²) in [6.45, 7) is 0. The monoisotopic (exact) mass is 175 g/mol. The van der Waals surface area contributed by atoms with Gasteiger partial charge in [0.15, 0.2) is 0 Å². The van der Waals surface area contributed by atoms with Crippen molar-refractivity contribution in [3.05, 3.63) is 35.9 Å². The van der Waals surface area contributed by atoms with Gasteiger partial charge in [-0.1, -0.05) is 12.1 Å². The molecular weight excluding hydrogens is 166 g/mol. The second-order valence-electron chi connectivity index (χ2n) is 2.89. The lowest BCUT2D eigenvalue weighted by molar-refractivity contribution is -0.115. The van der Waals surface area contributed by atoms with Crippen LogP contribution in [0.4, 0.5) is 5.69 Å². The molecule has 2 N–H and O–H groups in total. The Kier molecular flexibility index (Phi) is 1.77. The summed E-state index contributed by atoms with van der Waals surface area (Å²) in [4.78, 5) is 11.1. The first-order chi connectivity index (χ1) is 6.27. The molecule has 1 aliphatic heterocycles. The lowest BCUT2D eigenvalue weighted by atomic mass is 10.1. The molecular formula is C10H9NO2. The van der Waals surface area contributed by atoms with Gasteiger partial charge in [-0.05, 0) is 18.2 Å². The fourth-order valence-corrected chi connectivity index (χ4v) is 1.32. The third kappa shape index (κ3) is 1.40. The highest BCUT2D eigenvalue weighted by atomic mass is 16.3. The predicted octanol–water partition coefficient (Wildman–Crippen LogP) is 1.93. The third-order valence-corrected chi connectivity index (χ3v) is 1.96. The van der Waals surface area contributed by atoms with E-state index in [9.17, 15) is 9.90 Å². The van der Waals surface area contributed by atoms with Crippen LogP contribution in [-0.2, 0) is 4.79 Å². The van der Waals surface area contributed by atoms with Gasteiger partial charge in [-0.15, -0.1) is 0 Å². The number of fused-ring (bicyclic) bond motifs is 1. The van der Waals surface area contributed by atoms with Gasteiger partial charge in [0.2, 0.25) is 5.91 Å². The van der Waals surface area contributed by atoms with E-state index in [4.69, 9.17) is 0 Å². The average Bonchev–Trinajstić information content (AvgIpc) is 2.27. The highest BCUT2D eigenvalue weighted by Crippen LogP contribution is 2.24. The average molecular weight is 175 g/mol. The van der Waals surface area contributed by atoms with E-state index < -0.39 is 0 Å². The summed E-state index contributed by atoms with van der Waals surface area (Å²) in [5.41, 5.74) is 1.34. The van der Waals surface area contributed by atoms with Crippen LogP contribution in [-0.4, -0.2) is 11.0 Å². The van der Waals surface area contributed by atoms with Gasteiger partial charge in [0, 0.05) is 12.0 Å². The van der Waals surface area contributed by atoms with Crippen molar-refractivity contribution < 1.29 is 9.90 Å². The van der Waals surface area contributed by atoms with Gasteiger partial charge in [-0.25, -0.2) is 0 Å². The van der Waals surface area contributed by atoms with Crippen LogP contribution in [0.5, 0.6) is 0 Å². The molecule has 0 aromatic heterocycles. The van der Waals surface area contributed by atoms with Gasteiger partial charge in [0.05, 0.1) is 5.69 Å². The Balaban J connectivity index is 2.55. The van der Waals surface area contributed by atoms with E-state index in [1.807, 2.05) is 12.1 Å². The summed E-state index contributed by atoms with van der Waals surface area (Å²) < 4.78 is 0. The van der Waals surface area contributed by atoms with Crippen molar-refractivity contribution in [1.29, 1.82) is 0 Å². The van der Waals surface area contributed by atoms with Crippen LogP contribution in [0, 0.1) is 0 Å². The molecule has 0 fully saturated rings. The number of anilines is 1. The van der Waals surface area contributed by atoms with E-state index in [0.717, 1.165) is 0 Å². The molecule has 0 aliphatic carbocycles. The SMILES string of the molecule is O=C1CC=C(O)c2ccccc2N1. The molecule has 0 unspecified atom stereocenters. The van der Waals surface area contributed by atoms with Crippen LogP contribution in [0.25, 0.3) is 5.76 Å². The van der Waals surface area contributed by atoms with E-state index in [1.165, 1.54) is 6.08 Å². The van der Waals surface area contributed by atoms with Crippen molar-refractivity contribution in [2.75, 3.05) is 5.32 Å². The molecule has 66 valence electrons. The Hall–Kier alpha value is -1.77. The normalized spacial score (nSPS) is 15.4. The summed E-state index contributed by atoms with van der Waals surface area (Å²) >= 11 is 0. The maximum atomic E-state index is 11.1. The van der Waals surface area contributed by atoms with E-state index >= 15 is 0 Å². The van der Waals surface area contributed by atoms with Crippen molar-refractivity contribution in [2.45, 2.75) is 6.42 Å². The second-order valence-corrected chi connectivity index (χ2v) is 2.89. The largest absolute Gasteiger partial charge is 0.508 e. The number of hydrogen-bond donors (Lipinski definition) is 2. The van der Waals surface area contributed by atoms with Gasteiger partial charge in [-0.2, -0.15) is 0 Å². The molecule has 0 radical (unpaired) electrons. The standard InChI is InChI=1S/C10H9NO2/c12-9-5-6-10(13)11-8-4-2-1-3-7(8)9/h1-5,12H,6H2,(H,11,13). The van der Waals surface area contributed by atoms with Crippen LogP contribution >= 0.6 is 0 Å². The van der Waals surface area contributed by atoms with Gasteiger partial charge in [-0.3, -0.25) is 4.79 Å². The minimum Gasteiger partial charge on any atom is -0.508 e. The highest BCUT2D eigenvalue weighted by Gasteiger charge is 2.12. The molecule has 3 heteroatoms. The van der Waals surface area contributed by atoms with E-state index in [0.29, 0.717) is 11.3 Å². The van der Waals surface area contributed by atoms with E-state index in [2.05, 4.69) is 5.32 Å². The number of nitrogens with one attached hydrogen (secondary N) is 1. The summed E-state index contributed by atoms with van der Waals surface area (Å²) in [6, 6.07) is 7.17. The molecule has 0 atom stereocenters. The smallest absolute Gasteiger partial charge is 0.228 e. The summed E-state index contributed by atoms with van der Waals surface area (Å²) in [5, 5.41) is 12.2. The minimum absolute atomic E-state index is 0.100. The Labute approximate surface area is 75.7 Å². The molecule has 0 bridgehead atoms. The van der Waals surface area contributed by atoms with Gasteiger partial charge >= 0.3 is 0 Å². The number of amides is 1. The van der Waals surface area contributed by atoms with E-state index in [1.54, 1.807) is 12.1 Å². The van der Waals surface area contributed by atoms with Crippen molar-refractivity contribution in [3.63, 3.8) is 0 Å². The fraction of sp³-hybridized carbons (Fsp3) is 0.100. The topological polar surface area (TPSA) is 49.3 Å². The Morgan fingerprint density at radius 3 is 2.92 bits per heavy atom. The molecule has 1 amide bonds. The molecule has 0 spiro atoms. The number of carbonyl (C=O) groups excluding carboxylic acids is 1. The Bertz CT molecular complexity index is 382. The zero-order chi connectivity index (χ0) is 9.26. The zero-order valence-electron chi connectivity index (χ0n) is 6.95. The zero-order valence-corrected chi connectivity index (χ0v) is 6.95. The van der Waals surface area contributed by atoms with E-state index in [-0.39, 0.29) is 18.1 Å².